The molecule has 0 fully saturated rings. The van der Waals surface area contributed by atoms with Gasteiger partial charge < -0.3 is 4.74 Å². The molecule has 0 bridgehead atoms. The molecule has 9 aromatic rings. The molecule has 1 spiro atoms. The van der Waals surface area contributed by atoms with Crippen molar-refractivity contribution in [3.05, 3.63) is 222 Å². The minimum absolute atomic E-state index is 0.494. The number of para-hydroxylation sites is 1. The highest BCUT2D eigenvalue weighted by Gasteiger charge is 2.50. The normalized spacial score (nSPS) is 12.9. The third kappa shape index (κ3) is 5.04. The first kappa shape index (κ1) is 32.0. The van der Waals surface area contributed by atoms with Gasteiger partial charge in [0.2, 0.25) is 0 Å². The van der Waals surface area contributed by atoms with E-state index in [9.17, 15) is 0 Å². The lowest BCUT2D eigenvalue weighted by Gasteiger charge is -2.39. The summed E-state index contributed by atoms with van der Waals surface area (Å²) >= 11 is 0. The highest BCUT2D eigenvalue weighted by atomic mass is 16.5. The van der Waals surface area contributed by atoms with Crippen molar-refractivity contribution in [1.82, 2.24) is 15.0 Å². The van der Waals surface area contributed by atoms with E-state index in [0.29, 0.717) is 17.5 Å². The molecular weight excluding hydrogens is 683 g/mol. The molecule has 56 heavy (non-hydrogen) atoms. The molecule has 0 unspecified atom stereocenters. The van der Waals surface area contributed by atoms with E-state index >= 15 is 0 Å². The summed E-state index contributed by atoms with van der Waals surface area (Å²) in [5, 5.41) is 0. The molecule has 0 saturated heterocycles. The van der Waals surface area contributed by atoms with Crippen LogP contribution in [0, 0.1) is 0 Å². The van der Waals surface area contributed by atoms with Crippen LogP contribution >= 0.6 is 0 Å². The van der Waals surface area contributed by atoms with Crippen molar-refractivity contribution in [2.45, 2.75) is 5.41 Å². The Balaban J connectivity index is 1.02. The van der Waals surface area contributed by atoms with Gasteiger partial charge in [-0.1, -0.05) is 182 Å². The Morgan fingerprint density at radius 1 is 0.286 bits per heavy atom. The van der Waals surface area contributed by atoms with Crippen molar-refractivity contribution < 1.29 is 4.74 Å². The summed E-state index contributed by atoms with van der Waals surface area (Å²) in [7, 11) is 0. The van der Waals surface area contributed by atoms with Crippen LogP contribution in [-0.4, -0.2) is 15.0 Å². The number of fused-ring (bicyclic) bond motifs is 9. The summed E-state index contributed by atoms with van der Waals surface area (Å²) in [4.78, 5) is 15.1. The zero-order chi connectivity index (χ0) is 37.1. The lowest BCUT2D eigenvalue weighted by atomic mass is 9.66. The molecule has 262 valence electrons. The van der Waals surface area contributed by atoms with E-state index in [1.165, 1.54) is 27.8 Å². The Kier molecular flexibility index (Phi) is 7.36. The minimum Gasteiger partial charge on any atom is -0.457 e. The van der Waals surface area contributed by atoms with Gasteiger partial charge in [-0.15, -0.1) is 0 Å². The first-order valence-electron chi connectivity index (χ1n) is 18.9. The third-order valence-electron chi connectivity index (χ3n) is 11.2. The van der Waals surface area contributed by atoms with Crippen molar-refractivity contribution >= 4 is 0 Å². The zero-order valence-electron chi connectivity index (χ0n) is 30.3. The van der Waals surface area contributed by atoms with Crippen molar-refractivity contribution in [1.29, 1.82) is 0 Å². The van der Waals surface area contributed by atoms with Crippen LogP contribution in [-0.2, 0) is 5.41 Å². The number of ether oxygens (including phenoxy) is 1. The SMILES string of the molecule is c1ccc(-c2ccc(-c3nc(-c4ccccc4)nc(-c4cccc(-c5ccc6c(c5)Oc5ccccc5C65c6ccccc6-c6ccccc65)c4)n3)cc2)cc1. The summed E-state index contributed by atoms with van der Waals surface area (Å²) in [6, 6.07) is 70.2. The molecule has 4 heteroatoms. The first-order valence-corrected chi connectivity index (χ1v) is 18.9. The number of rotatable bonds is 5. The van der Waals surface area contributed by atoms with Gasteiger partial charge in [-0.25, -0.2) is 15.0 Å². The van der Waals surface area contributed by atoms with Crippen molar-refractivity contribution in [3.63, 3.8) is 0 Å². The van der Waals surface area contributed by atoms with E-state index < -0.39 is 5.41 Å². The predicted molar refractivity (Wildman–Crippen MR) is 224 cm³/mol. The number of hydrogen-bond donors (Lipinski definition) is 0. The van der Waals surface area contributed by atoms with E-state index in [4.69, 9.17) is 19.7 Å². The van der Waals surface area contributed by atoms with Gasteiger partial charge in [0.1, 0.15) is 11.5 Å². The van der Waals surface area contributed by atoms with Crippen LogP contribution in [0.15, 0.2) is 200 Å². The van der Waals surface area contributed by atoms with Crippen LogP contribution in [0.1, 0.15) is 22.3 Å². The Bertz CT molecular complexity index is 2890. The highest BCUT2D eigenvalue weighted by Crippen LogP contribution is 2.62. The second-order valence-corrected chi connectivity index (χ2v) is 14.3. The Morgan fingerprint density at radius 3 is 1.39 bits per heavy atom. The second-order valence-electron chi connectivity index (χ2n) is 14.3. The molecule has 2 heterocycles. The van der Waals surface area contributed by atoms with E-state index in [-0.39, 0.29) is 0 Å². The Hall–Kier alpha value is -7.43. The van der Waals surface area contributed by atoms with Crippen molar-refractivity contribution in [2.24, 2.45) is 0 Å². The lowest BCUT2D eigenvalue weighted by molar-refractivity contribution is 0.436. The average Bonchev–Trinajstić information content (AvgIpc) is 3.57. The fourth-order valence-corrected chi connectivity index (χ4v) is 8.67. The van der Waals surface area contributed by atoms with Gasteiger partial charge in [-0.2, -0.15) is 0 Å². The number of aromatic nitrogens is 3. The molecule has 1 aliphatic carbocycles. The number of benzene rings is 8. The smallest absolute Gasteiger partial charge is 0.164 e. The highest BCUT2D eigenvalue weighted by molar-refractivity contribution is 5.89. The van der Waals surface area contributed by atoms with Gasteiger partial charge >= 0.3 is 0 Å². The molecule has 0 radical (unpaired) electrons. The van der Waals surface area contributed by atoms with E-state index in [0.717, 1.165) is 56.0 Å². The maximum atomic E-state index is 6.80. The summed E-state index contributed by atoms with van der Waals surface area (Å²) < 4.78 is 6.80. The molecular formula is C52H33N3O. The van der Waals surface area contributed by atoms with Crippen molar-refractivity contribution in [3.8, 4) is 79.0 Å². The molecule has 1 aliphatic heterocycles. The van der Waals surface area contributed by atoms with Gasteiger partial charge in [-0.3, -0.25) is 0 Å². The third-order valence-corrected chi connectivity index (χ3v) is 11.2. The standard InChI is InChI=1S/C52H33N3O/c1-3-14-34(15-4-1)35-26-28-37(29-27-35)50-53-49(36-16-5-2-6-17-36)54-51(55-50)40-19-13-18-38(32-40)39-30-31-46-48(33-39)56-47-25-12-11-24-45(47)52(46)43-22-9-7-20-41(43)42-21-8-10-23-44(42)52/h1-33H. The van der Waals surface area contributed by atoms with Gasteiger partial charge in [0.25, 0.3) is 0 Å². The molecule has 4 nitrogen and oxygen atoms in total. The van der Waals surface area contributed by atoms with Crippen molar-refractivity contribution in [2.75, 3.05) is 0 Å². The molecule has 1 aromatic heterocycles. The minimum atomic E-state index is -0.494. The van der Waals surface area contributed by atoms with Crippen LogP contribution in [0.4, 0.5) is 0 Å². The van der Waals surface area contributed by atoms with Gasteiger partial charge in [-0.05, 0) is 62.7 Å². The van der Waals surface area contributed by atoms with Crippen LogP contribution in [0.5, 0.6) is 11.5 Å². The summed E-state index contributed by atoms with van der Waals surface area (Å²) in [5.41, 5.74) is 14.1. The first-order chi connectivity index (χ1) is 27.7. The Labute approximate surface area is 325 Å². The lowest BCUT2D eigenvalue weighted by Crippen LogP contribution is -2.32. The van der Waals surface area contributed by atoms with Crippen LogP contribution in [0.2, 0.25) is 0 Å². The monoisotopic (exact) mass is 715 g/mol. The summed E-state index contributed by atoms with van der Waals surface area (Å²) in [6.07, 6.45) is 0. The predicted octanol–water partition coefficient (Wildman–Crippen LogP) is 12.7. The molecule has 2 aliphatic rings. The molecule has 8 aromatic carbocycles. The molecule has 11 rings (SSSR count). The maximum absolute atomic E-state index is 6.80. The second kappa shape index (κ2) is 12.9. The van der Waals surface area contributed by atoms with E-state index in [1.54, 1.807) is 0 Å². The van der Waals surface area contributed by atoms with Crippen LogP contribution in [0.25, 0.3) is 67.5 Å². The molecule has 0 saturated carbocycles. The molecule has 0 atom stereocenters. The average molecular weight is 716 g/mol. The largest absolute Gasteiger partial charge is 0.457 e. The topological polar surface area (TPSA) is 47.9 Å². The van der Waals surface area contributed by atoms with E-state index in [2.05, 4.69) is 164 Å². The molecule has 0 N–H and O–H groups in total. The number of hydrogen-bond acceptors (Lipinski definition) is 4. The van der Waals surface area contributed by atoms with Crippen LogP contribution < -0.4 is 4.74 Å². The molecule has 0 amide bonds. The van der Waals surface area contributed by atoms with E-state index in [1.807, 2.05) is 36.4 Å². The summed E-state index contributed by atoms with van der Waals surface area (Å²) in [5.74, 6) is 3.60. The van der Waals surface area contributed by atoms with Crippen LogP contribution in [0.3, 0.4) is 0 Å². The van der Waals surface area contributed by atoms with Gasteiger partial charge in [0.05, 0.1) is 5.41 Å². The summed E-state index contributed by atoms with van der Waals surface area (Å²) in [6.45, 7) is 0. The zero-order valence-corrected chi connectivity index (χ0v) is 30.3. The number of nitrogens with zero attached hydrogens (tertiary/aromatic N) is 3. The fraction of sp³-hybridized carbons (Fsp3) is 0.0192. The maximum Gasteiger partial charge on any atom is 0.164 e. The Morgan fingerprint density at radius 2 is 0.714 bits per heavy atom. The fourth-order valence-electron chi connectivity index (χ4n) is 8.67. The quantitative estimate of drug-likeness (QED) is 0.178. The van der Waals surface area contributed by atoms with Gasteiger partial charge in [0.15, 0.2) is 17.5 Å². The van der Waals surface area contributed by atoms with Gasteiger partial charge in [0, 0.05) is 27.8 Å².